The van der Waals surface area contributed by atoms with E-state index in [0.717, 1.165) is 9.55 Å². The van der Waals surface area contributed by atoms with Crippen LogP contribution in [-0.2, 0) is 0 Å². The lowest BCUT2D eigenvalue weighted by Gasteiger charge is -2.05. The summed E-state index contributed by atoms with van der Waals surface area (Å²) in [6.07, 6.45) is 0. The van der Waals surface area contributed by atoms with Crippen molar-refractivity contribution in [2.75, 3.05) is 0 Å². The van der Waals surface area contributed by atoms with E-state index < -0.39 is 0 Å². The summed E-state index contributed by atoms with van der Waals surface area (Å²) in [6.45, 7) is 2.09. The highest BCUT2D eigenvalue weighted by Gasteiger charge is 2.18. The molecule has 0 N–H and O–H groups in total. The second kappa shape index (κ2) is 4.62. The molecule has 0 saturated carbocycles. The largest absolute Gasteiger partial charge is 0.448 e. The fourth-order valence-corrected chi connectivity index (χ4v) is 4.10. The molecule has 0 aliphatic heterocycles. The molecule has 15 heavy (non-hydrogen) atoms. The third-order valence-electron chi connectivity index (χ3n) is 2.04. The van der Waals surface area contributed by atoms with Gasteiger partial charge in [-0.05, 0) is 58.2 Å². The highest BCUT2D eigenvalue weighted by molar-refractivity contribution is 9.11. The fraction of sp³-hybridized carbons (Fsp3) is 0.200. The predicted octanol–water partition coefficient (Wildman–Crippen LogP) is 5.55. The zero-order valence-corrected chi connectivity index (χ0v) is 12.5. The molecule has 0 spiro atoms. The first kappa shape index (κ1) is 11.7. The highest BCUT2D eigenvalue weighted by Crippen LogP contribution is 2.39. The summed E-state index contributed by atoms with van der Waals surface area (Å²) < 4.78 is 6.49. The van der Waals surface area contributed by atoms with Crippen LogP contribution in [0.5, 0.6) is 0 Å². The minimum absolute atomic E-state index is 0.0625. The van der Waals surface area contributed by atoms with Crippen molar-refractivity contribution in [3.63, 3.8) is 0 Å². The SMILES string of the molecule is Cc1sc(Br)cc1C(Br)c1ccc(Cl)o1. The lowest BCUT2D eigenvalue weighted by atomic mass is 10.1. The van der Waals surface area contributed by atoms with Crippen molar-refractivity contribution in [3.05, 3.63) is 43.4 Å². The molecule has 5 heteroatoms. The lowest BCUT2D eigenvalue weighted by molar-refractivity contribution is 0.521. The van der Waals surface area contributed by atoms with Crippen LogP contribution in [0.15, 0.2) is 26.4 Å². The van der Waals surface area contributed by atoms with Gasteiger partial charge in [-0.15, -0.1) is 11.3 Å². The number of hydrogen-bond donors (Lipinski definition) is 0. The van der Waals surface area contributed by atoms with Crippen LogP contribution >= 0.6 is 54.8 Å². The zero-order chi connectivity index (χ0) is 11.0. The zero-order valence-electron chi connectivity index (χ0n) is 7.76. The van der Waals surface area contributed by atoms with Crippen molar-refractivity contribution in [3.8, 4) is 0 Å². The predicted molar refractivity (Wildman–Crippen MR) is 71.2 cm³/mol. The van der Waals surface area contributed by atoms with E-state index in [4.69, 9.17) is 16.0 Å². The van der Waals surface area contributed by atoms with E-state index in [1.807, 2.05) is 6.07 Å². The van der Waals surface area contributed by atoms with E-state index in [9.17, 15) is 0 Å². The number of hydrogen-bond acceptors (Lipinski definition) is 2. The number of aryl methyl sites for hydroxylation is 1. The van der Waals surface area contributed by atoms with E-state index in [1.54, 1.807) is 17.4 Å². The minimum Gasteiger partial charge on any atom is -0.448 e. The molecule has 0 amide bonds. The second-order valence-electron chi connectivity index (χ2n) is 3.07. The molecule has 2 heterocycles. The monoisotopic (exact) mass is 368 g/mol. The molecule has 0 fully saturated rings. The second-order valence-corrected chi connectivity index (χ2v) is 6.99. The van der Waals surface area contributed by atoms with E-state index in [2.05, 4.69) is 44.8 Å². The molecule has 2 aromatic rings. The molecule has 1 unspecified atom stereocenters. The van der Waals surface area contributed by atoms with Crippen LogP contribution in [0, 0.1) is 6.92 Å². The Labute approximate surface area is 114 Å². The van der Waals surface area contributed by atoms with Gasteiger partial charge in [0.2, 0.25) is 0 Å². The maximum absolute atomic E-state index is 5.74. The maximum atomic E-state index is 5.74. The van der Waals surface area contributed by atoms with Gasteiger partial charge < -0.3 is 4.42 Å². The Bertz CT molecular complexity index is 477. The Hall–Kier alpha value is 0.230. The quantitative estimate of drug-likeness (QED) is 0.632. The van der Waals surface area contributed by atoms with Crippen molar-refractivity contribution in [2.45, 2.75) is 11.8 Å². The molecular formula is C10H7Br2ClOS. The molecule has 0 aliphatic carbocycles. The van der Waals surface area contributed by atoms with Gasteiger partial charge in [0.05, 0.1) is 8.61 Å². The number of thiophene rings is 1. The van der Waals surface area contributed by atoms with Gasteiger partial charge in [-0.1, -0.05) is 15.9 Å². The molecule has 1 nitrogen and oxygen atoms in total. The number of furan rings is 1. The van der Waals surface area contributed by atoms with Gasteiger partial charge in [-0.25, -0.2) is 0 Å². The minimum atomic E-state index is 0.0625. The third kappa shape index (κ3) is 2.49. The highest BCUT2D eigenvalue weighted by atomic mass is 79.9. The third-order valence-corrected chi connectivity index (χ3v) is 4.76. The van der Waals surface area contributed by atoms with Crippen LogP contribution in [-0.4, -0.2) is 0 Å². The van der Waals surface area contributed by atoms with Gasteiger partial charge in [-0.2, -0.15) is 0 Å². The molecule has 2 aromatic heterocycles. The average Bonchev–Trinajstić information content (AvgIpc) is 2.71. The summed E-state index contributed by atoms with van der Waals surface area (Å²) in [5.41, 5.74) is 1.21. The average molecular weight is 370 g/mol. The Morgan fingerprint density at radius 2 is 2.20 bits per heavy atom. The molecule has 80 valence electrons. The van der Waals surface area contributed by atoms with Crippen molar-refractivity contribution in [2.24, 2.45) is 0 Å². The number of halogens is 3. The van der Waals surface area contributed by atoms with E-state index in [1.165, 1.54) is 10.4 Å². The molecule has 0 saturated heterocycles. The van der Waals surface area contributed by atoms with Gasteiger partial charge >= 0.3 is 0 Å². The molecular weight excluding hydrogens is 363 g/mol. The smallest absolute Gasteiger partial charge is 0.193 e. The van der Waals surface area contributed by atoms with Crippen molar-refractivity contribution < 1.29 is 4.42 Å². The molecule has 0 aliphatic rings. The Kier molecular flexibility index (Phi) is 3.60. The maximum Gasteiger partial charge on any atom is 0.193 e. The molecule has 0 radical (unpaired) electrons. The van der Waals surface area contributed by atoms with Crippen molar-refractivity contribution in [1.29, 1.82) is 0 Å². The molecule has 0 bridgehead atoms. The summed E-state index contributed by atoms with van der Waals surface area (Å²) in [6, 6.07) is 5.73. The summed E-state index contributed by atoms with van der Waals surface area (Å²) in [4.78, 5) is 1.32. The normalized spacial score (nSPS) is 13.1. The van der Waals surface area contributed by atoms with Gasteiger partial charge in [0, 0.05) is 4.88 Å². The van der Waals surface area contributed by atoms with Crippen molar-refractivity contribution >= 4 is 54.8 Å². The van der Waals surface area contributed by atoms with E-state index in [-0.39, 0.29) is 4.83 Å². The fourth-order valence-electron chi connectivity index (χ4n) is 1.33. The first-order chi connectivity index (χ1) is 7.08. The van der Waals surface area contributed by atoms with Crippen LogP contribution in [0.4, 0.5) is 0 Å². The standard InChI is InChI=1S/C10H7Br2ClOS/c1-5-6(4-8(11)15-5)10(12)7-2-3-9(13)14-7/h2-4,10H,1H3. The van der Waals surface area contributed by atoms with Crippen LogP contribution in [0.2, 0.25) is 5.22 Å². The molecule has 0 aromatic carbocycles. The van der Waals surface area contributed by atoms with Gasteiger partial charge in [0.1, 0.15) is 5.76 Å². The first-order valence-electron chi connectivity index (χ1n) is 4.23. The lowest BCUT2D eigenvalue weighted by Crippen LogP contribution is -1.89. The van der Waals surface area contributed by atoms with Crippen LogP contribution in [0.1, 0.15) is 21.0 Å². The van der Waals surface area contributed by atoms with Crippen molar-refractivity contribution in [1.82, 2.24) is 0 Å². The summed E-state index contributed by atoms with van der Waals surface area (Å²) >= 11 is 14.5. The topological polar surface area (TPSA) is 13.1 Å². The van der Waals surface area contributed by atoms with E-state index >= 15 is 0 Å². The Balaban J connectivity index is 2.35. The number of alkyl halides is 1. The summed E-state index contributed by atoms with van der Waals surface area (Å²) in [7, 11) is 0. The number of rotatable bonds is 2. The van der Waals surface area contributed by atoms with Crippen LogP contribution in [0.25, 0.3) is 0 Å². The summed E-state index contributed by atoms with van der Waals surface area (Å²) in [5.74, 6) is 0.827. The summed E-state index contributed by atoms with van der Waals surface area (Å²) in [5, 5.41) is 0.418. The van der Waals surface area contributed by atoms with E-state index in [0.29, 0.717) is 5.22 Å². The van der Waals surface area contributed by atoms with Gasteiger partial charge in [-0.3, -0.25) is 0 Å². The van der Waals surface area contributed by atoms with Crippen LogP contribution < -0.4 is 0 Å². The molecule has 2 rings (SSSR count). The molecule has 1 atom stereocenters. The Morgan fingerprint density at radius 1 is 1.47 bits per heavy atom. The van der Waals surface area contributed by atoms with Gasteiger partial charge in [0.15, 0.2) is 5.22 Å². The van der Waals surface area contributed by atoms with Crippen LogP contribution in [0.3, 0.4) is 0 Å². The Morgan fingerprint density at radius 3 is 2.67 bits per heavy atom. The first-order valence-corrected chi connectivity index (χ1v) is 7.13. The van der Waals surface area contributed by atoms with Gasteiger partial charge in [0.25, 0.3) is 0 Å².